The maximum atomic E-state index is 12.3. The van der Waals surface area contributed by atoms with Crippen molar-refractivity contribution in [1.82, 2.24) is 9.62 Å². The summed E-state index contributed by atoms with van der Waals surface area (Å²) in [5, 5.41) is 3.27. The van der Waals surface area contributed by atoms with Crippen LogP contribution in [-0.4, -0.2) is 51.2 Å². The van der Waals surface area contributed by atoms with E-state index < -0.39 is 10.0 Å². The molecule has 1 amide bonds. The van der Waals surface area contributed by atoms with Gasteiger partial charge in [0.05, 0.1) is 6.26 Å². The first-order valence-electron chi connectivity index (χ1n) is 7.90. The largest absolute Gasteiger partial charge is 0.384 e. The molecule has 1 saturated heterocycles. The SMILES string of the molecule is Cc1ccccc1NCCC(=O)N1CCC[C@@H](NS(C)(=O)=O)C1. The van der Waals surface area contributed by atoms with Gasteiger partial charge in [0.25, 0.3) is 0 Å². The fraction of sp³-hybridized carbons (Fsp3) is 0.562. The van der Waals surface area contributed by atoms with Crippen molar-refractivity contribution in [2.45, 2.75) is 32.2 Å². The number of carbonyl (C=O) groups is 1. The van der Waals surface area contributed by atoms with E-state index in [1.165, 1.54) is 0 Å². The molecule has 128 valence electrons. The standard InChI is InChI=1S/C16H25N3O3S/c1-13-6-3-4-8-15(13)17-10-9-16(20)19-11-5-7-14(12-19)18-23(2,21)22/h3-4,6,8,14,17-18H,5,7,9-12H2,1-2H3/t14-/m1/s1. The van der Waals surface area contributed by atoms with Crippen molar-refractivity contribution < 1.29 is 13.2 Å². The third-order valence-electron chi connectivity index (χ3n) is 3.95. The normalized spacial score (nSPS) is 18.7. The van der Waals surface area contributed by atoms with Gasteiger partial charge in [-0.15, -0.1) is 0 Å². The van der Waals surface area contributed by atoms with Crippen molar-refractivity contribution in [2.24, 2.45) is 0 Å². The predicted molar refractivity (Wildman–Crippen MR) is 91.9 cm³/mol. The van der Waals surface area contributed by atoms with Gasteiger partial charge in [0.1, 0.15) is 0 Å². The number of hydrogen-bond acceptors (Lipinski definition) is 4. The minimum absolute atomic E-state index is 0.0612. The number of anilines is 1. The van der Waals surface area contributed by atoms with E-state index in [4.69, 9.17) is 0 Å². The molecule has 0 unspecified atom stereocenters. The molecular weight excluding hydrogens is 314 g/mol. The van der Waals surface area contributed by atoms with Gasteiger partial charge in [0.15, 0.2) is 0 Å². The Balaban J connectivity index is 1.80. The quantitative estimate of drug-likeness (QED) is 0.820. The Kier molecular flexibility index (Phi) is 6.01. The van der Waals surface area contributed by atoms with Gasteiger partial charge in [0.2, 0.25) is 15.9 Å². The zero-order valence-corrected chi connectivity index (χ0v) is 14.5. The summed E-state index contributed by atoms with van der Waals surface area (Å²) in [6.07, 6.45) is 3.16. The van der Waals surface area contributed by atoms with E-state index >= 15 is 0 Å². The number of para-hydroxylation sites is 1. The van der Waals surface area contributed by atoms with Crippen LogP contribution in [0.25, 0.3) is 0 Å². The molecule has 1 fully saturated rings. The highest BCUT2D eigenvalue weighted by molar-refractivity contribution is 7.88. The molecule has 1 aromatic rings. The molecule has 2 N–H and O–H groups in total. The molecule has 0 bridgehead atoms. The highest BCUT2D eigenvalue weighted by Crippen LogP contribution is 2.14. The summed E-state index contributed by atoms with van der Waals surface area (Å²) >= 11 is 0. The molecule has 7 heteroatoms. The Morgan fingerprint density at radius 3 is 2.78 bits per heavy atom. The highest BCUT2D eigenvalue weighted by Gasteiger charge is 2.25. The average Bonchev–Trinajstić information content (AvgIpc) is 2.47. The Bertz CT molecular complexity index is 646. The zero-order chi connectivity index (χ0) is 16.9. The maximum absolute atomic E-state index is 12.3. The number of rotatable bonds is 6. The van der Waals surface area contributed by atoms with Crippen LogP contribution in [0.1, 0.15) is 24.8 Å². The summed E-state index contributed by atoms with van der Waals surface area (Å²) in [6.45, 7) is 3.75. The number of sulfonamides is 1. The lowest BCUT2D eigenvalue weighted by Crippen LogP contribution is -2.49. The minimum Gasteiger partial charge on any atom is -0.384 e. The number of carbonyl (C=O) groups excluding carboxylic acids is 1. The summed E-state index contributed by atoms with van der Waals surface area (Å²) in [7, 11) is -3.23. The van der Waals surface area contributed by atoms with Gasteiger partial charge in [-0.05, 0) is 31.4 Å². The third-order valence-corrected chi connectivity index (χ3v) is 4.72. The first-order valence-corrected chi connectivity index (χ1v) is 9.79. The summed E-state index contributed by atoms with van der Waals surface area (Å²) in [5.41, 5.74) is 2.19. The molecule has 0 aliphatic carbocycles. The highest BCUT2D eigenvalue weighted by atomic mass is 32.2. The van der Waals surface area contributed by atoms with Crippen molar-refractivity contribution in [3.05, 3.63) is 29.8 Å². The second-order valence-corrected chi connectivity index (χ2v) is 7.84. The second-order valence-electron chi connectivity index (χ2n) is 6.06. The van der Waals surface area contributed by atoms with Gasteiger partial charge in [-0.2, -0.15) is 0 Å². The number of aryl methyl sites for hydroxylation is 1. The van der Waals surface area contributed by atoms with Gasteiger partial charge in [-0.3, -0.25) is 4.79 Å². The van der Waals surface area contributed by atoms with Gasteiger partial charge in [-0.25, -0.2) is 13.1 Å². The van der Waals surface area contributed by atoms with Gasteiger partial charge in [-0.1, -0.05) is 18.2 Å². The van der Waals surface area contributed by atoms with Crippen LogP contribution in [0, 0.1) is 6.92 Å². The van der Waals surface area contributed by atoms with E-state index in [0.717, 1.165) is 30.3 Å². The summed E-state index contributed by atoms with van der Waals surface area (Å²) in [5.74, 6) is 0.0612. The van der Waals surface area contributed by atoms with Crippen LogP contribution >= 0.6 is 0 Å². The smallest absolute Gasteiger partial charge is 0.224 e. The van der Waals surface area contributed by atoms with Crippen LogP contribution in [-0.2, 0) is 14.8 Å². The predicted octanol–water partition coefficient (Wildman–Crippen LogP) is 1.34. The second kappa shape index (κ2) is 7.79. The van der Waals surface area contributed by atoms with E-state index in [1.807, 2.05) is 31.2 Å². The van der Waals surface area contributed by atoms with Crippen molar-refractivity contribution in [3.8, 4) is 0 Å². The lowest BCUT2D eigenvalue weighted by atomic mass is 10.1. The number of likely N-dealkylation sites (tertiary alicyclic amines) is 1. The fourth-order valence-corrected chi connectivity index (χ4v) is 3.63. The van der Waals surface area contributed by atoms with Crippen LogP contribution in [0.5, 0.6) is 0 Å². The first kappa shape index (κ1) is 17.7. The van der Waals surface area contributed by atoms with E-state index in [2.05, 4.69) is 10.0 Å². The van der Waals surface area contributed by atoms with Crippen LogP contribution in [0.2, 0.25) is 0 Å². The lowest BCUT2D eigenvalue weighted by Gasteiger charge is -2.32. The topological polar surface area (TPSA) is 78.5 Å². The van der Waals surface area contributed by atoms with E-state index in [0.29, 0.717) is 26.1 Å². The number of piperidine rings is 1. The number of benzene rings is 1. The molecule has 1 aliphatic heterocycles. The fourth-order valence-electron chi connectivity index (χ4n) is 2.84. The van der Waals surface area contributed by atoms with Crippen molar-refractivity contribution in [1.29, 1.82) is 0 Å². The lowest BCUT2D eigenvalue weighted by molar-refractivity contribution is -0.132. The summed E-state index contributed by atoms with van der Waals surface area (Å²) < 4.78 is 25.2. The molecule has 1 heterocycles. The van der Waals surface area contributed by atoms with Gasteiger partial charge < -0.3 is 10.2 Å². The van der Waals surface area contributed by atoms with Crippen LogP contribution in [0.15, 0.2) is 24.3 Å². The molecule has 2 rings (SSSR count). The molecule has 6 nitrogen and oxygen atoms in total. The van der Waals surface area contributed by atoms with Gasteiger partial charge in [0, 0.05) is 37.8 Å². The summed E-state index contributed by atoms with van der Waals surface area (Å²) in [6, 6.07) is 7.78. The minimum atomic E-state index is -3.23. The van der Waals surface area contributed by atoms with Gasteiger partial charge >= 0.3 is 0 Å². The molecule has 1 aromatic carbocycles. The van der Waals surface area contributed by atoms with Crippen molar-refractivity contribution >= 4 is 21.6 Å². The Hall–Kier alpha value is -1.60. The van der Waals surface area contributed by atoms with E-state index in [9.17, 15) is 13.2 Å². The summed E-state index contributed by atoms with van der Waals surface area (Å²) in [4.78, 5) is 14.0. The van der Waals surface area contributed by atoms with Crippen molar-refractivity contribution in [3.63, 3.8) is 0 Å². The molecule has 0 aromatic heterocycles. The Labute approximate surface area is 138 Å². The Morgan fingerprint density at radius 1 is 1.35 bits per heavy atom. The molecule has 23 heavy (non-hydrogen) atoms. The van der Waals surface area contributed by atoms with Crippen molar-refractivity contribution in [2.75, 3.05) is 31.2 Å². The maximum Gasteiger partial charge on any atom is 0.224 e. The molecule has 0 saturated carbocycles. The van der Waals surface area contributed by atoms with E-state index in [1.54, 1.807) is 4.90 Å². The monoisotopic (exact) mass is 339 g/mol. The molecule has 1 atom stereocenters. The molecule has 0 spiro atoms. The molecular formula is C16H25N3O3S. The number of nitrogens with zero attached hydrogens (tertiary/aromatic N) is 1. The number of amides is 1. The van der Waals surface area contributed by atoms with Crippen LogP contribution in [0.3, 0.4) is 0 Å². The third kappa shape index (κ3) is 5.84. The van der Waals surface area contributed by atoms with Crippen LogP contribution < -0.4 is 10.0 Å². The molecule has 0 radical (unpaired) electrons. The van der Waals surface area contributed by atoms with Crippen LogP contribution in [0.4, 0.5) is 5.69 Å². The Morgan fingerprint density at radius 2 is 2.09 bits per heavy atom. The first-order chi connectivity index (χ1) is 10.8. The average molecular weight is 339 g/mol. The number of nitrogens with one attached hydrogen (secondary N) is 2. The van der Waals surface area contributed by atoms with E-state index in [-0.39, 0.29) is 11.9 Å². The number of hydrogen-bond donors (Lipinski definition) is 2. The molecule has 1 aliphatic rings. The zero-order valence-electron chi connectivity index (χ0n) is 13.7.